The maximum atomic E-state index is 13.5. The normalized spacial score (nSPS) is 10.6. The number of carboxylic acids is 1. The summed E-state index contributed by atoms with van der Waals surface area (Å²) in [6.07, 6.45) is 0.434. The van der Waals surface area contributed by atoms with Crippen molar-refractivity contribution in [2.45, 2.75) is 19.4 Å². The van der Waals surface area contributed by atoms with Crippen LogP contribution < -0.4 is 0 Å². The molecule has 0 radical (unpaired) electrons. The number of aromatic nitrogens is 4. The molecule has 19 heavy (non-hydrogen) atoms. The Morgan fingerprint density at radius 2 is 2.26 bits per heavy atom. The quantitative estimate of drug-likeness (QED) is 0.909. The number of hydrogen-bond donors (Lipinski definition) is 1. The van der Waals surface area contributed by atoms with Gasteiger partial charge in [-0.1, -0.05) is 6.07 Å². The Labute approximate surface area is 116 Å². The first-order chi connectivity index (χ1) is 9.09. The van der Waals surface area contributed by atoms with Crippen LogP contribution in [0.25, 0.3) is 11.4 Å². The van der Waals surface area contributed by atoms with Gasteiger partial charge in [-0.25, -0.2) is 9.07 Å². The lowest BCUT2D eigenvalue weighted by Crippen LogP contribution is -2.06. The average Bonchev–Trinajstić information content (AvgIpc) is 2.80. The van der Waals surface area contributed by atoms with Gasteiger partial charge in [0.15, 0.2) is 5.82 Å². The van der Waals surface area contributed by atoms with Crippen molar-refractivity contribution >= 4 is 21.9 Å². The van der Waals surface area contributed by atoms with E-state index in [1.165, 1.54) is 10.7 Å². The summed E-state index contributed by atoms with van der Waals surface area (Å²) in [6, 6.07) is 4.57. The highest BCUT2D eigenvalue weighted by Gasteiger charge is 2.14. The van der Waals surface area contributed by atoms with E-state index >= 15 is 0 Å². The fourth-order valence-corrected chi connectivity index (χ4v) is 2.05. The van der Waals surface area contributed by atoms with Crippen LogP contribution in [0.4, 0.5) is 4.39 Å². The Morgan fingerprint density at radius 1 is 1.47 bits per heavy atom. The van der Waals surface area contributed by atoms with Gasteiger partial charge in [0.25, 0.3) is 0 Å². The third-order valence-electron chi connectivity index (χ3n) is 2.48. The van der Waals surface area contributed by atoms with Gasteiger partial charge in [0, 0.05) is 18.5 Å². The van der Waals surface area contributed by atoms with Crippen LogP contribution in [0.1, 0.15) is 12.8 Å². The van der Waals surface area contributed by atoms with E-state index in [1.54, 1.807) is 12.1 Å². The Bertz CT molecular complexity index is 602. The fraction of sp³-hybridized carbons (Fsp3) is 0.273. The number of aryl methyl sites for hydroxylation is 1. The van der Waals surface area contributed by atoms with Gasteiger partial charge < -0.3 is 5.11 Å². The molecule has 0 amide bonds. The molecule has 2 aromatic rings. The molecular formula is C11H10BrFN4O2. The van der Waals surface area contributed by atoms with Crippen LogP contribution in [0.5, 0.6) is 0 Å². The SMILES string of the molecule is O=C(O)CCCn1nnnc1-c1cccc(F)c1Br. The van der Waals surface area contributed by atoms with E-state index in [0.717, 1.165) is 0 Å². The molecule has 0 fully saturated rings. The number of benzene rings is 1. The Hall–Kier alpha value is -1.83. The lowest BCUT2D eigenvalue weighted by Gasteiger charge is -2.06. The molecule has 1 heterocycles. The van der Waals surface area contributed by atoms with E-state index in [0.29, 0.717) is 24.4 Å². The Balaban J connectivity index is 2.24. The Morgan fingerprint density at radius 3 is 3.00 bits per heavy atom. The lowest BCUT2D eigenvalue weighted by molar-refractivity contribution is -0.137. The number of carboxylic acid groups (broad SMARTS) is 1. The molecule has 1 aromatic carbocycles. The second kappa shape index (κ2) is 5.87. The van der Waals surface area contributed by atoms with Gasteiger partial charge >= 0.3 is 5.97 Å². The predicted molar refractivity (Wildman–Crippen MR) is 67.8 cm³/mol. The van der Waals surface area contributed by atoms with Crippen molar-refractivity contribution in [2.75, 3.05) is 0 Å². The molecule has 2 rings (SSSR count). The van der Waals surface area contributed by atoms with Crippen molar-refractivity contribution < 1.29 is 14.3 Å². The van der Waals surface area contributed by atoms with E-state index in [4.69, 9.17) is 5.11 Å². The van der Waals surface area contributed by atoms with Gasteiger partial charge in [-0.2, -0.15) is 0 Å². The van der Waals surface area contributed by atoms with Gasteiger partial charge in [-0.3, -0.25) is 4.79 Å². The van der Waals surface area contributed by atoms with Crippen molar-refractivity contribution in [2.24, 2.45) is 0 Å². The minimum atomic E-state index is -0.874. The lowest BCUT2D eigenvalue weighted by atomic mass is 10.2. The van der Waals surface area contributed by atoms with Gasteiger partial charge in [-0.15, -0.1) is 5.10 Å². The van der Waals surface area contributed by atoms with Crippen LogP contribution in [-0.4, -0.2) is 31.3 Å². The van der Waals surface area contributed by atoms with Gasteiger partial charge in [0.2, 0.25) is 0 Å². The summed E-state index contributed by atoms with van der Waals surface area (Å²) in [5.41, 5.74) is 0.528. The summed E-state index contributed by atoms with van der Waals surface area (Å²) in [6.45, 7) is 0.359. The minimum Gasteiger partial charge on any atom is -0.481 e. The largest absolute Gasteiger partial charge is 0.481 e. The highest BCUT2D eigenvalue weighted by molar-refractivity contribution is 9.10. The van der Waals surface area contributed by atoms with Crippen molar-refractivity contribution in [3.05, 3.63) is 28.5 Å². The smallest absolute Gasteiger partial charge is 0.303 e. The Kier molecular flexibility index (Phi) is 4.20. The van der Waals surface area contributed by atoms with Crippen molar-refractivity contribution in [1.82, 2.24) is 20.2 Å². The molecule has 100 valence electrons. The topological polar surface area (TPSA) is 80.9 Å². The van der Waals surface area contributed by atoms with E-state index in [9.17, 15) is 9.18 Å². The minimum absolute atomic E-state index is 0.0314. The molecule has 1 N–H and O–H groups in total. The zero-order valence-corrected chi connectivity index (χ0v) is 11.3. The summed E-state index contributed by atoms with van der Waals surface area (Å²) >= 11 is 3.15. The molecule has 0 unspecified atom stereocenters. The van der Waals surface area contributed by atoms with Crippen molar-refractivity contribution in [3.63, 3.8) is 0 Å². The number of nitrogens with zero attached hydrogens (tertiary/aromatic N) is 4. The van der Waals surface area contributed by atoms with Crippen LogP contribution >= 0.6 is 15.9 Å². The van der Waals surface area contributed by atoms with Crippen LogP contribution in [0.3, 0.4) is 0 Å². The van der Waals surface area contributed by atoms with E-state index in [2.05, 4.69) is 31.5 Å². The maximum Gasteiger partial charge on any atom is 0.303 e. The number of hydrogen-bond acceptors (Lipinski definition) is 4. The first-order valence-electron chi connectivity index (χ1n) is 5.52. The summed E-state index contributed by atoms with van der Waals surface area (Å²) in [5.74, 6) is -0.879. The van der Waals surface area contributed by atoms with Crippen LogP contribution in [0, 0.1) is 5.82 Å². The van der Waals surface area contributed by atoms with Crippen molar-refractivity contribution in [3.8, 4) is 11.4 Å². The monoisotopic (exact) mass is 328 g/mol. The summed E-state index contributed by atoms with van der Waals surface area (Å²) in [5, 5.41) is 19.8. The number of rotatable bonds is 5. The maximum absolute atomic E-state index is 13.5. The number of carbonyl (C=O) groups is 1. The number of aliphatic carboxylic acids is 1. The van der Waals surface area contributed by atoms with Gasteiger partial charge in [0.05, 0.1) is 4.47 Å². The second-order valence-corrected chi connectivity index (χ2v) is 4.62. The van der Waals surface area contributed by atoms with Crippen molar-refractivity contribution in [1.29, 1.82) is 0 Å². The van der Waals surface area contributed by atoms with E-state index < -0.39 is 11.8 Å². The molecule has 8 heteroatoms. The summed E-state index contributed by atoms with van der Waals surface area (Å²) in [4.78, 5) is 10.5. The highest BCUT2D eigenvalue weighted by Crippen LogP contribution is 2.28. The molecule has 0 aliphatic heterocycles. The summed E-state index contributed by atoms with van der Waals surface area (Å²) < 4.78 is 15.2. The predicted octanol–water partition coefficient (Wildman–Crippen LogP) is 2.11. The summed E-state index contributed by atoms with van der Waals surface area (Å²) in [7, 11) is 0. The molecule has 0 atom stereocenters. The van der Waals surface area contributed by atoms with Crippen LogP contribution in [0.15, 0.2) is 22.7 Å². The molecule has 0 aliphatic carbocycles. The zero-order valence-electron chi connectivity index (χ0n) is 9.75. The second-order valence-electron chi connectivity index (χ2n) is 3.82. The first kappa shape index (κ1) is 13.6. The third kappa shape index (κ3) is 3.14. The molecule has 6 nitrogen and oxygen atoms in total. The molecule has 0 saturated carbocycles. The van der Waals surface area contributed by atoms with Gasteiger partial charge in [-0.05, 0) is 44.9 Å². The third-order valence-corrected chi connectivity index (χ3v) is 3.29. The number of tetrazole rings is 1. The van der Waals surface area contributed by atoms with Crippen LogP contribution in [0.2, 0.25) is 0 Å². The van der Waals surface area contributed by atoms with Crippen LogP contribution in [-0.2, 0) is 11.3 Å². The fourth-order valence-electron chi connectivity index (χ4n) is 1.60. The number of halogens is 2. The molecular weight excluding hydrogens is 319 g/mol. The van der Waals surface area contributed by atoms with E-state index in [1.807, 2.05) is 0 Å². The molecule has 1 aromatic heterocycles. The zero-order chi connectivity index (χ0) is 13.8. The highest BCUT2D eigenvalue weighted by atomic mass is 79.9. The van der Waals surface area contributed by atoms with Gasteiger partial charge in [0.1, 0.15) is 5.82 Å². The first-order valence-corrected chi connectivity index (χ1v) is 6.31. The average molecular weight is 329 g/mol. The van der Waals surface area contributed by atoms with E-state index in [-0.39, 0.29) is 10.9 Å². The standard InChI is InChI=1S/C11H10BrFN4O2/c12-10-7(3-1-4-8(10)13)11-14-15-16-17(11)6-2-5-9(18)19/h1,3-4H,2,5-6H2,(H,18,19). The molecule has 0 spiro atoms. The molecule has 0 bridgehead atoms. The molecule has 0 saturated heterocycles. The molecule has 0 aliphatic rings.